The number of hydrogen-bond acceptors (Lipinski definition) is 2. The van der Waals surface area contributed by atoms with E-state index in [2.05, 4.69) is 248 Å². The molecule has 0 aliphatic heterocycles. The summed E-state index contributed by atoms with van der Waals surface area (Å²) in [6.45, 7) is 2.38. The number of nitrogens with zero attached hydrogens (tertiary/aromatic N) is 1. The number of hydrogen-bond donors (Lipinski definition) is 0. The van der Waals surface area contributed by atoms with Crippen molar-refractivity contribution in [1.82, 2.24) is 0 Å². The molecule has 10 aromatic carbocycles. The molecule has 0 bridgehead atoms. The van der Waals surface area contributed by atoms with Crippen LogP contribution in [0.15, 0.2) is 247 Å². The van der Waals surface area contributed by atoms with Gasteiger partial charge in [0, 0.05) is 27.6 Å². The molecule has 306 valence electrons. The van der Waals surface area contributed by atoms with Crippen molar-refractivity contribution in [3.63, 3.8) is 0 Å². The SMILES string of the molecule is CC1(c2ccccc2)c2ccccc2-c2c(-c3ccc(N(c4ccc5c(c4)C(c4ccccc4)(c4ccccc4)c4ccccc4-5)c4cccc5c4oc4ccccc45)cc3)cccc21. The second-order valence-electron chi connectivity index (χ2n) is 17.7. The predicted molar refractivity (Wildman–Crippen MR) is 269 cm³/mol. The molecule has 0 amide bonds. The zero-order valence-corrected chi connectivity index (χ0v) is 35.9. The predicted octanol–water partition coefficient (Wildman–Crippen LogP) is 16.4. The van der Waals surface area contributed by atoms with Gasteiger partial charge >= 0.3 is 0 Å². The standard InChI is InChI=1S/C63H43NO/c1-62(43-19-5-2-6-20-43)54-30-14-12-27-53(54)60-48(28-17-32-56(60)62)42-35-37-46(38-36-42)64(58-33-18-29-52-51-26-13-16-34-59(51)65-61(52)58)47-39-40-50-49-25-11-15-31-55(49)63(57(50)41-47,44-21-7-3-8-22-44)45-23-9-4-10-24-45/h2-41H,1H3. The highest BCUT2D eigenvalue weighted by molar-refractivity contribution is 6.10. The van der Waals surface area contributed by atoms with E-state index in [-0.39, 0.29) is 5.41 Å². The second-order valence-corrected chi connectivity index (χ2v) is 17.7. The van der Waals surface area contributed by atoms with Crippen LogP contribution in [0.3, 0.4) is 0 Å². The van der Waals surface area contributed by atoms with Gasteiger partial charge in [-0.25, -0.2) is 0 Å². The molecule has 1 unspecified atom stereocenters. The van der Waals surface area contributed by atoms with Crippen molar-refractivity contribution in [1.29, 1.82) is 0 Å². The maximum Gasteiger partial charge on any atom is 0.159 e. The maximum atomic E-state index is 6.82. The fourth-order valence-corrected chi connectivity index (χ4v) is 11.6. The van der Waals surface area contributed by atoms with E-state index in [1.165, 1.54) is 72.3 Å². The zero-order chi connectivity index (χ0) is 43.1. The van der Waals surface area contributed by atoms with E-state index in [1.54, 1.807) is 0 Å². The normalized spacial score (nSPS) is 15.3. The fourth-order valence-electron chi connectivity index (χ4n) is 11.6. The lowest BCUT2D eigenvalue weighted by Gasteiger charge is -2.35. The van der Waals surface area contributed by atoms with Crippen LogP contribution in [0, 0.1) is 0 Å². The van der Waals surface area contributed by atoms with Crippen molar-refractivity contribution in [3.05, 3.63) is 282 Å². The van der Waals surface area contributed by atoms with Crippen molar-refractivity contribution in [2.24, 2.45) is 0 Å². The van der Waals surface area contributed by atoms with Crippen LogP contribution in [0.4, 0.5) is 17.1 Å². The Balaban J connectivity index is 1.03. The summed E-state index contributed by atoms with van der Waals surface area (Å²) in [4.78, 5) is 2.40. The molecular weight excluding hydrogens is 787 g/mol. The van der Waals surface area contributed by atoms with Crippen LogP contribution in [0.5, 0.6) is 0 Å². The highest BCUT2D eigenvalue weighted by Crippen LogP contribution is 2.58. The van der Waals surface area contributed by atoms with Gasteiger partial charge < -0.3 is 9.32 Å². The molecule has 2 heteroatoms. The number of furan rings is 1. The lowest BCUT2D eigenvalue weighted by molar-refractivity contribution is 0.669. The van der Waals surface area contributed by atoms with E-state index in [0.717, 1.165) is 39.0 Å². The third kappa shape index (κ3) is 5.35. The molecule has 0 fully saturated rings. The molecule has 2 aliphatic rings. The molecule has 0 saturated heterocycles. The Bertz CT molecular complexity index is 3570. The van der Waals surface area contributed by atoms with Crippen LogP contribution in [0.1, 0.15) is 45.9 Å². The number of para-hydroxylation sites is 2. The topological polar surface area (TPSA) is 16.4 Å². The van der Waals surface area contributed by atoms with Gasteiger partial charge in [0.25, 0.3) is 0 Å². The van der Waals surface area contributed by atoms with Crippen molar-refractivity contribution in [2.45, 2.75) is 17.8 Å². The van der Waals surface area contributed by atoms with Gasteiger partial charge in [0.05, 0.1) is 11.1 Å². The second kappa shape index (κ2) is 14.4. The maximum absolute atomic E-state index is 6.82. The molecule has 2 nitrogen and oxygen atoms in total. The molecule has 1 atom stereocenters. The first kappa shape index (κ1) is 37.4. The van der Waals surface area contributed by atoms with Gasteiger partial charge in [-0.15, -0.1) is 0 Å². The summed E-state index contributed by atoms with van der Waals surface area (Å²) in [6.07, 6.45) is 0. The minimum absolute atomic E-state index is 0.271. The van der Waals surface area contributed by atoms with Crippen LogP contribution < -0.4 is 4.90 Å². The van der Waals surface area contributed by atoms with Gasteiger partial charge in [-0.2, -0.15) is 0 Å². The highest BCUT2D eigenvalue weighted by Gasteiger charge is 2.46. The molecule has 0 N–H and O–H groups in total. The Morgan fingerprint density at radius 2 is 0.908 bits per heavy atom. The van der Waals surface area contributed by atoms with Crippen LogP contribution in [0.25, 0.3) is 55.3 Å². The quantitative estimate of drug-likeness (QED) is 0.159. The lowest BCUT2D eigenvalue weighted by atomic mass is 9.67. The number of rotatable bonds is 7. The van der Waals surface area contributed by atoms with Crippen LogP contribution >= 0.6 is 0 Å². The largest absolute Gasteiger partial charge is 0.454 e. The minimum atomic E-state index is -0.538. The fraction of sp³-hybridized carbons (Fsp3) is 0.0476. The Labute approximate surface area is 379 Å². The van der Waals surface area contributed by atoms with Gasteiger partial charge in [0.1, 0.15) is 5.58 Å². The first-order valence-electron chi connectivity index (χ1n) is 22.6. The van der Waals surface area contributed by atoms with E-state index in [4.69, 9.17) is 4.42 Å². The third-order valence-electron chi connectivity index (χ3n) is 14.5. The van der Waals surface area contributed by atoms with Crippen molar-refractivity contribution in [2.75, 3.05) is 4.90 Å². The summed E-state index contributed by atoms with van der Waals surface area (Å²) in [5.41, 5.74) is 20.6. The third-order valence-corrected chi connectivity index (χ3v) is 14.5. The van der Waals surface area contributed by atoms with E-state index >= 15 is 0 Å². The summed E-state index contributed by atoms with van der Waals surface area (Å²) in [5.74, 6) is 0. The van der Waals surface area contributed by atoms with E-state index in [0.29, 0.717) is 0 Å². The molecule has 13 rings (SSSR count). The molecule has 65 heavy (non-hydrogen) atoms. The summed E-state index contributed by atoms with van der Waals surface area (Å²) in [6, 6.07) is 89.0. The Kier molecular flexibility index (Phi) is 8.29. The Morgan fingerprint density at radius 1 is 0.369 bits per heavy atom. The smallest absolute Gasteiger partial charge is 0.159 e. The van der Waals surface area contributed by atoms with Crippen LogP contribution in [-0.4, -0.2) is 0 Å². The Morgan fingerprint density at radius 3 is 1.65 bits per heavy atom. The molecule has 0 radical (unpaired) electrons. The molecule has 1 aromatic heterocycles. The monoisotopic (exact) mass is 829 g/mol. The van der Waals surface area contributed by atoms with Crippen molar-refractivity contribution < 1.29 is 4.42 Å². The average molecular weight is 830 g/mol. The van der Waals surface area contributed by atoms with Crippen molar-refractivity contribution in [3.8, 4) is 33.4 Å². The van der Waals surface area contributed by atoms with E-state index < -0.39 is 5.41 Å². The van der Waals surface area contributed by atoms with E-state index in [9.17, 15) is 0 Å². The van der Waals surface area contributed by atoms with Gasteiger partial charge in [-0.1, -0.05) is 206 Å². The summed E-state index contributed by atoms with van der Waals surface area (Å²) < 4.78 is 6.82. The Hall–Kier alpha value is -8.20. The minimum Gasteiger partial charge on any atom is -0.454 e. The van der Waals surface area contributed by atoms with Gasteiger partial charge in [0.2, 0.25) is 0 Å². The number of anilines is 3. The molecule has 1 heterocycles. The summed E-state index contributed by atoms with van der Waals surface area (Å²) in [5, 5.41) is 2.20. The first-order valence-corrected chi connectivity index (χ1v) is 22.6. The zero-order valence-electron chi connectivity index (χ0n) is 35.9. The molecule has 0 spiro atoms. The summed E-state index contributed by atoms with van der Waals surface area (Å²) in [7, 11) is 0. The van der Waals surface area contributed by atoms with Crippen LogP contribution in [0.2, 0.25) is 0 Å². The number of benzene rings is 10. The lowest BCUT2D eigenvalue weighted by Crippen LogP contribution is -2.28. The average Bonchev–Trinajstić information content (AvgIpc) is 4.00. The van der Waals surface area contributed by atoms with Crippen LogP contribution in [-0.2, 0) is 10.8 Å². The summed E-state index contributed by atoms with van der Waals surface area (Å²) >= 11 is 0. The molecule has 0 saturated carbocycles. The van der Waals surface area contributed by atoms with E-state index in [1.807, 2.05) is 6.07 Å². The van der Waals surface area contributed by atoms with Crippen molar-refractivity contribution >= 4 is 39.0 Å². The molecule has 11 aromatic rings. The van der Waals surface area contributed by atoms with Gasteiger partial charge in [-0.3, -0.25) is 0 Å². The van der Waals surface area contributed by atoms with Gasteiger partial charge in [-0.05, 0) is 116 Å². The molecule has 2 aliphatic carbocycles. The number of fused-ring (bicyclic) bond motifs is 9. The van der Waals surface area contributed by atoms with Gasteiger partial charge in [0.15, 0.2) is 5.58 Å². The first-order chi connectivity index (χ1) is 32.1. The molecular formula is C63H43NO. The highest BCUT2D eigenvalue weighted by atomic mass is 16.3.